The van der Waals surface area contributed by atoms with Crippen LogP contribution in [-0.2, 0) is 4.74 Å². The Labute approximate surface area is 124 Å². The van der Waals surface area contributed by atoms with Gasteiger partial charge in [0, 0.05) is 0 Å². The number of anilines is 1. The fourth-order valence-corrected chi connectivity index (χ4v) is 3.41. The van der Waals surface area contributed by atoms with Crippen molar-refractivity contribution in [3.8, 4) is 0 Å². The number of nitrogen functional groups attached to an aromatic ring is 1. The van der Waals surface area contributed by atoms with E-state index in [1.165, 1.54) is 19.3 Å². The molecule has 0 atom stereocenters. The van der Waals surface area contributed by atoms with E-state index >= 15 is 0 Å². The number of esters is 1. The van der Waals surface area contributed by atoms with Crippen LogP contribution in [0, 0.1) is 0 Å². The predicted molar refractivity (Wildman–Crippen MR) is 81.1 cm³/mol. The van der Waals surface area contributed by atoms with Gasteiger partial charge in [0.15, 0.2) is 0 Å². The maximum Gasteiger partial charge on any atom is 0.344 e. The van der Waals surface area contributed by atoms with E-state index in [9.17, 15) is 4.79 Å². The first-order chi connectivity index (χ1) is 9.69. The maximum atomic E-state index is 12.1. The molecule has 6 heteroatoms. The lowest BCUT2D eigenvalue weighted by Gasteiger charge is -2.22. The first-order valence-corrected chi connectivity index (χ1v) is 8.35. The Balaban J connectivity index is 2.33. The molecule has 0 saturated heterocycles. The fraction of sp³-hybridized carbons (Fsp3) is 0.714. The molecule has 0 radical (unpaired) electrons. The van der Waals surface area contributed by atoms with Crippen molar-refractivity contribution < 1.29 is 9.53 Å². The Hall–Kier alpha value is -1.17. The Morgan fingerprint density at radius 3 is 2.70 bits per heavy atom. The molecule has 2 rings (SSSR count). The zero-order valence-electron chi connectivity index (χ0n) is 12.2. The highest BCUT2D eigenvalue weighted by molar-refractivity contribution is 7.99. The summed E-state index contributed by atoms with van der Waals surface area (Å²) in [6.45, 7) is 4.19. The summed E-state index contributed by atoms with van der Waals surface area (Å²) in [6.07, 6.45) is 5.86. The third-order valence-corrected chi connectivity index (χ3v) is 4.44. The summed E-state index contributed by atoms with van der Waals surface area (Å²) in [5, 5.41) is 5.28. The van der Waals surface area contributed by atoms with Crippen LogP contribution in [0.3, 0.4) is 0 Å². The molecule has 1 aromatic rings. The van der Waals surface area contributed by atoms with Crippen molar-refractivity contribution in [2.45, 2.75) is 57.0 Å². The molecule has 5 nitrogen and oxygen atoms in total. The van der Waals surface area contributed by atoms with Crippen LogP contribution in [0.4, 0.5) is 5.82 Å². The van der Waals surface area contributed by atoms with Crippen molar-refractivity contribution in [1.82, 2.24) is 9.78 Å². The van der Waals surface area contributed by atoms with Crippen LogP contribution in [-0.4, -0.2) is 28.1 Å². The molecule has 0 aliphatic heterocycles. The number of rotatable bonds is 5. The summed E-state index contributed by atoms with van der Waals surface area (Å²) in [5.74, 6) is 0.961. The molecule has 0 bridgehead atoms. The van der Waals surface area contributed by atoms with Gasteiger partial charge in [-0.2, -0.15) is 5.10 Å². The summed E-state index contributed by atoms with van der Waals surface area (Å²) in [5.41, 5.74) is 6.63. The number of nitrogens with zero attached hydrogens (tertiary/aromatic N) is 2. The highest BCUT2D eigenvalue weighted by Gasteiger charge is 2.27. The molecule has 1 heterocycles. The van der Waals surface area contributed by atoms with E-state index in [1.54, 1.807) is 18.7 Å². The van der Waals surface area contributed by atoms with E-state index in [4.69, 9.17) is 10.5 Å². The van der Waals surface area contributed by atoms with Crippen LogP contribution in [0.5, 0.6) is 0 Å². The van der Waals surface area contributed by atoms with E-state index in [0.29, 0.717) is 29.1 Å². The van der Waals surface area contributed by atoms with Gasteiger partial charge in [0.25, 0.3) is 0 Å². The first-order valence-electron chi connectivity index (χ1n) is 7.36. The summed E-state index contributed by atoms with van der Waals surface area (Å²) < 4.78 is 6.96. The summed E-state index contributed by atoms with van der Waals surface area (Å²) in [7, 11) is 0. The standard InChI is InChI=1S/C14H23N3O2S/c1-3-19-14(18)11-12(15)17(16-13(11)20-4-2)10-8-6-5-7-9-10/h10H,3-9,15H2,1-2H3. The van der Waals surface area contributed by atoms with Gasteiger partial charge in [0.1, 0.15) is 16.4 Å². The van der Waals surface area contributed by atoms with Gasteiger partial charge < -0.3 is 10.5 Å². The Morgan fingerprint density at radius 2 is 2.10 bits per heavy atom. The lowest BCUT2D eigenvalue weighted by molar-refractivity contribution is 0.0523. The number of thioether (sulfide) groups is 1. The van der Waals surface area contributed by atoms with Gasteiger partial charge in [-0.3, -0.25) is 0 Å². The predicted octanol–water partition coefficient (Wildman–Crippen LogP) is 3.26. The minimum Gasteiger partial charge on any atom is -0.462 e. The highest BCUT2D eigenvalue weighted by Crippen LogP contribution is 2.34. The number of aromatic nitrogens is 2. The molecule has 0 aromatic carbocycles. The second-order valence-electron chi connectivity index (χ2n) is 4.96. The zero-order valence-corrected chi connectivity index (χ0v) is 13.0. The Bertz CT molecular complexity index is 467. The van der Waals surface area contributed by atoms with Crippen LogP contribution in [0.15, 0.2) is 5.03 Å². The van der Waals surface area contributed by atoms with Crippen LogP contribution in [0.1, 0.15) is 62.4 Å². The lowest BCUT2D eigenvalue weighted by Crippen LogP contribution is -2.17. The molecule has 0 unspecified atom stereocenters. The average molecular weight is 297 g/mol. The van der Waals surface area contributed by atoms with Crippen LogP contribution in [0.2, 0.25) is 0 Å². The third kappa shape index (κ3) is 3.11. The summed E-state index contributed by atoms with van der Waals surface area (Å²) >= 11 is 1.54. The second kappa shape index (κ2) is 7.02. The molecule has 1 saturated carbocycles. The number of carbonyl (C=O) groups is 1. The largest absolute Gasteiger partial charge is 0.462 e. The van der Waals surface area contributed by atoms with Gasteiger partial charge in [-0.1, -0.05) is 26.2 Å². The van der Waals surface area contributed by atoms with Crippen molar-refractivity contribution in [3.05, 3.63) is 5.56 Å². The van der Waals surface area contributed by atoms with E-state index < -0.39 is 0 Å². The van der Waals surface area contributed by atoms with Crippen molar-refractivity contribution in [1.29, 1.82) is 0 Å². The molecular formula is C14H23N3O2S. The molecule has 0 amide bonds. The fourth-order valence-electron chi connectivity index (χ4n) is 2.66. The van der Waals surface area contributed by atoms with Crippen LogP contribution >= 0.6 is 11.8 Å². The summed E-state index contributed by atoms with van der Waals surface area (Å²) in [4.78, 5) is 12.1. The normalized spacial score (nSPS) is 16.3. The van der Waals surface area contributed by atoms with Crippen molar-refractivity contribution in [2.24, 2.45) is 0 Å². The lowest BCUT2D eigenvalue weighted by atomic mass is 9.96. The molecule has 1 aliphatic rings. The van der Waals surface area contributed by atoms with Gasteiger partial charge in [0.05, 0.1) is 12.6 Å². The van der Waals surface area contributed by atoms with Crippen LogP contribution < -0.4 is 5.73 Å². The Kier molecular flexibility index (Phi) is 5.34. The van der Waals surface area contributed by atoms with Gasteiger partial charge >= 0.3 is 5.97 Å². The maximum absolute atomic E-state index is 12.1. The number of hydrogen-bond acceptors (Lipinski definition) is 5. The molecular weight excluding hydrogens is 274 g/mol. The summed E-state index contributed by atoms with van der Waals surface area (Å²) in [6, 6.07) is 0.322. The molecule has 2 N–H and O–H groups in total. The zero-order chi connectivity index (χ0) is 14.5. The van der Waals surface area contributed by atoms with Gasteiger partial charge in [-0.15, -0.1) is 11.8 Å². The molecule has 20 heavy (non-hydrogen) atoms. The van der Waals surface area contributed by atoms with Gasteiger partial charge in [-0.25, -0.2) is 9.48 Å². The van der Waals surface area contributed by atoms with Crippen molar-refractivity contribution in [2.75, 3.05) is 18.1 Å². The first kappa shape index (κ1) is 15.2. The number of ether oxygens (including phenoxy) is 1. The molecule has 1 aromatic heterocycles. The van der Waals surface area contributed by atoms with E-state index in [2.05, 4.69) is 5.10 Å². The van der Waals surface area contributed by atoms with E-state index in [0.717, 1.165) is 18.6 Å². The SMILES string of the molecule is CCOC(=O)c1c(SCC)nn(C2CCCCC2)c1N. The van der Waals surface area contributed by atoms with Crippen LogP contribution in [0.25, 0.3) is 0 Å². The highest BCUT2D eigenvalue weighted by atomic mass is 32.2. The van der Waals surface area contributed by atoms with Crippen molar-refractivity contribution >= 4 is 23.5 Å². The van der Waals surface area contributed by atoms with E-state index in [-0.39, 0.29) is 5.97 Å². The average Bonchev–Trinajstić information content (AvgIpc) is 2.77. The molecule has 112 valence electrons. The van der Waals surface area contributed by atoms with Gasteiger partial charge in [-0.05, 0) is 25.5 Å². The number of nitrogens with two attached hydrogens (primary N) is 1. The monoisotopic (exact) mass is 297 g/mol. The number of hydrogen-bond donors (Lipinski definition) is 1. The molecule has 0 spiro atoms. The molecule has 1 fully saturated rings. The minimum absolute atomic E-state index is 0.322. The number of carbonyl (C=O) groups excluding carboxylic acids is 1. The third-order valence-electron chi connectivity index (χ3n) is 3.60. The van der Waals surface area contributed by atoms with E-state index in [1.807, 2.05) is 11.6 Å². The Morgan fingerprint density at radius 1 is 1.40 bits per heavy atom. The molecule has 1 aliphatic carbocycles. The minimum atomic E-state index is -0.358. The quantitative estimate of drug-likeness (QED) is 0.667. The van der Waals surface area contributed by atoms with Crippen molar-refractivity contribution in [3.63, 3.8) is 0 Å². The second-order valence-corrected chi connectivity index (χ2v) is 6.21. The smallest absolute Gasteiger partial charge is 0.344 e. The topological polar surface area (TPSA) is 70.1 Å². The van der Waals surface area contributed by atoms with Gasteiger partial charge in [0.2, 0.25) is 0 Å².